The van der Waals surface area contributed by atoms with Crippen LogP contribution < -0.4 is 0 Å². The number of furan rings is 1. The lowest BCUT2D eigenvalue weighted by Gasteiger charge is -2.13. The van der Waals surface area contributed by atoms with Gasteiger partial charge in [0.2, 0.25) is 0 Å². The summed E-state index contributed by atoms with van der Waals surface area (Å²) in [5.74, 6) is 1.32. The molecule has 2 heterocycles. The maximum atomic E-state index is 12.4. The number of carbonyl (C=O) groups is 3. The van der Waals surface area contributed by atoms with Crippen LogP contribution in [0, 0.1) is 17.3 Å². The van der Waals surface area contributed by atoms with E-state index in [9.17, 15) is 14.4 Å². The number of ether oxygens (including phenoxy) is 2. The Morgan fingerprint density at radius 2 is 1.76 bits per heavy atom. The first-order valence-corrected chi connectivity index (χ1v) is 16.4. The smallest absolute Gasteiger partial charge is 0.346 e. The Morgan fingerprint density at radius 1 is 1.09 bits per heavy atom. The molecule has 4 rings (SSSR count). The molecule has 1 aliphatic rings. The van der Waals surface area contributed by atoms with Gasteiger partial charge in [0.25, 0.3) is 0 Å². The van der Waals surface area contributed by atoms with Crippen LogP contribution in [0.4, 0.5) is 4.79 Å². The molecule has 0 saturated heterocycles. The summed E-state index contributed by atoms with van der Waals surface area (Å²) in [4.78, 5) is 41.8. The van der Waals surface area contributed by atoms with Crippen molar-refractivity contribution < 1.29 is 28.3 Å². The second-order valence-electron chi connectivity index (χ2n) is 13.4. The van der Waals surface area contributed by atoms with Crippen LogP contribution in [-0.2, 0) is 37.5 Å². The molecule has 0 aliphatic heterocycles. The summed E-state index contributed by atoms with van der Waals surface area (Å²) in [7, 11) is 3.28. The molecular weight excluding hydrogens is 604 g/mol. The normalized spacial score (nSPS) is 16.5. The van der Waals surface area contributed by atoms with Crippen LogP contribution in [0.1, 0.15) is 78.1 Å². The molecular formula is C35H48N4O6S. The van der Waals surface area contributed by atoms with Crippen molar-refractivity contribution in [2.75, 3.05) is 26.5 Å². The van der Waals surface area contributed by atoms with Gasteiger partial charge in [-0.3, -0.25) is 9.59 Å². The lowest BCUT2D eigenvalue weighted by molar-refractivity contribution is -0.147. The third kappa shape index (κ3) is 10.1. The van der Waals surface area contributed by atoms with E-state index in [-0.39, 0.29) is 53.0 Å². The van der Waals surface area contributed by atoms with Crippen molar-refractivity contribution in [2.45, 2.75) is 79.0 Å². The maximum Gasteiger partial charge on any atom is 0.346 e. The van der Waals surface area contributed by atoms with Crippen molar-refractivity contribution in [1.82, 2.24) is 19.7 Å². The molecule has 10 nitrogen and oxygen atoms in total. The van der Waals surface area contributed by atoms with E-state index in [4.69, 9.17) is 13.9 Å². The molecule has 0 N–H and O–H groups in total. The minimum Gasteiger partial charge on any atom is -0.469 e. The van der Waals surface area contributed by atoms with Crippen LogP contribution in [0.2, 0.25) is 0 Å². The molecule has 2 atom stereocenters. The quantitative estimate of drug-likeness (QED) is 0.131. The summed E-state index contributed by atoms with van der Waals surface area (Å²) in [5, 5.41) is 4.66. The first kappa shape index (κ1) is 36.6. The average Bonchev–Trinajstić information content (AvgIpc) is 3.35. The summed E-state index contributed by atoms with van der Waals surface area (Å²) < 4.78 is 17.2. The number of benzene rings is 1. The molecule has 0 bridgehead atoms. The fourth-order valence-electron chi connectivity index (χ4n) is 4.78. The second kappa shape index (κ2) is 15.6. The van der Waals surface area contributed by atoms with E-state index < -0.39 is 0 Å². The van der Waals surface area contributed by atoms with E-state index in [2.05, 4.69) is 56.0 Å². The molecule has 1 fully saturated rings. The average molecular weight is 653 g/mol. The SMILES string of the molecule is CC(C)=CC1C(C(=O)OCc2coc(Cc3ccccc3)c2)C1(C)C.CCOC(=O)CSc1nc(C(C)(C)C)nn1C(=O)N(C)C. The van der Waals surface area contributed by atoms with Crippen molar-refractivity contribution in [3.63, 3.8) is 0 Å². The second-order valence-corrected chi connectivity index (χ2v) is 14.4. The van der Waals surface area contributed by atoms with Gasteiger partial charge < -0.3 is 18.8 Å². The van der Waals surface area contributed by atoms with Gasteiger partial charge in [-0.1, -0.05) is 88.4 Å². The van der Waals surface area contributed by atoms with Crippen molar-refractivity contribution in [1.29, 1.82) is 0 Å². The minimum atomic E-state index is -0.341. The van der Waals surface area contributed by atoms with E-state index >= 15 is 0 Å². The van der Waals surface area contributed by atoms with Gasteiger partial charge in [0.1, 0.15) is 12.4 Å². The summed E-state index contributed by atoms with van der Waals surface area (Å²) >= 11 is 1.15. The number of hydrogen-bond donors (Lipinski definition) is 0. The van der Waals surface area contributed by atoms with Crippen LogP contribution >= 0.6 is 11.8 Å². The Bertz CT molecular complexity index is 1510. The van der Waals surface area contributed by atoms with Crippen LogP contribution in [0.15, 0.2) is 63.9 Å². The highest BCUT2D eigenvalue weighted by Crippen LogP contribution is 2.59. The number of thioether (sulfide) groups is 1. The van der Waals surface area contributed by atoms with Gasteiger partial charge in [-0.15, -0.1) is 5.10 Å². The van der Waals surface area contributed by atoms with E-state index in [1.807, 2.05) is 45.0 Å². The molecule has 1 aromatic carbocycles. The first-order valence-electron chi connectivity index (χ1n) is 15.4. The number of aromatic nitrogens is 3. The molecule has 0 spiro atoms. The topological polar surface area (TPSA) is 117 Å². The van der Waals surface area contributed by atoms with Gasteiger partial charge in [-0.25, -0.2) is 9.78 Å². The Balaban J connectivity index is 0.000000255. The summed E-state index contributed by atoms with van der Waals surface area (Å²) in [6.45, 7) is 16.6. The first-order chi connectivity index (χ1) is 21.5. The van der Waals surface area contributed by atoms with Gasteiger partial charge in [-0.2, -0.15) is 4.68 Å². The van der Waals surface area contributed by atoms with E-state index in [1.54, 1.807) is 27.3 Å². The lowest BCUT2D eigenvalue weighted by atomic mass is 9.96. The minimum absolute atomic E-state index is 0.0107. The van der Waals surface area contributed by atoms with Gasteiger partial charge >= 0.3 is 18.0 Å². The highest BCUT2D eigenvalue weighted by atomic mass is 32.2. The molecule has 46 heavy (non-hydrogen) atoms. The van der Waals surface area contributed by atoms with Crippen LogP contribution in [0.5, 0.6) is 0 Å². The fraction of sp³-hybridized carbons (Fsp3) is 0.514. The maximum absolute atomic E-state index is 12.4. The highest BCUT2D eigenvalue weighted by Gasteiger charge is 2.61. The summed E-state index contributed by atoms with van der Waals surface area (Å²) in [6, 6.07) is 11.8. The summed E-state index contributed by atoms with van der Waals surface area (Å²) in [6.07, 6.45) is 4.60. The standard InChI is InChI=1S/C22H26O3.C13H22N4O3S/c1-15(2)10-19-20(22(19,3)4)21(23)25-14-17-12-18(24-13-17)11-16-8-6-5-7-9-16;1-7-20-9(18)8-21-11-14-10(13(2,3)4)15-17(11)12(19)16(5)6/h5-10,12-13,19-20H,11,14H2,1-4H3;7-8H2,1-6H3. The Labute approximate surface area is 276 Å². The zero-order valence-electron chi connectivity index (χ0n) is 28.7. The van der Waals surface area contributed by atoms with Crippen molar-refractivity contribution >= 4 is 29.7 Å². The Hall–Kier alpha value is -3.86. The molecule has 2 unspecified atom stereocenters. The number of rotatable bonds is 10. The van der Waals surface area contributed by atoms with Gasteiger partial charge in [0.15, 0.2) is 11.0 Å². The highest BCUT2D eigenvalue weighted by molar-refractivity contribution is 7.99. The van der Waals surface area contributed by atoms with Gasteiger partial charge in [0.05, 0.1) is 24.5 Å². The zero-order valence-corrected chi connectivity index (χ0v) is 29.6. The van der Waals surface area contributed by atoms with Crippen LogP contribution in [-0.4, -0.2) is 64.1 Å². The van der Waals surface area contributed by atoms with Crippen LogP contribution in [0.25, 0.3) is 0 Å². The molecule has 0 radical (unpaired) electrons. The fourth-order valence-corrected chi connectivity index (χ4v) is 5.51. The molecule has 1 aliphatic carbocycles. The molecule has 11 heteroatoms. The van der Waals surface area contributed by atoms with E-state index in [0.717, 1.165) is 29.5 Å². The van der Waals surface area contributed by atoms with Gasteiger partial charge in [-0.05, 0) is 43.7 Å². The van der Waals surface area contributed by atoms with Crippen molar-refractivity contribution in [3.8, 4) is 0 Å². The molecule has 2 aromatic heterocycles. The van der Waals surface area contributed by atoms with Crippen LogP contribution in [0.3, 0.4) is 0 Å². The molecule has 250 valence electrons. The van der Waals surface area contributed by atoms with E-state index in [1.165, 1.54) is 20.7 Å². The largest absolute Gasteiger partial charge is 0.469 e. The number of amides is 1. The van der Waals surface area contributed by atoms with Crippen molar-refractivity contribution in [3.05, 3.63) is 77.0 Å². The predicted molar refractivity (Wildman–Crippen MR) is 179 cm³/mol. The lowest BCUT2D eigenvalue weighted by Crippen LogP contribution is -2.29. The predicted octanol–water partition coefficient (Wildman–Crippen LogP) is 6.91. The Morgan fingerprint density at radius 3 is 2.35 bits per heavy atom. The monoisotopic (exact) mass is 652 g/mol. The Kier molecular flexibility index (Phi) is 12.4. The molecule has 1 amide bonds. The van der Waals surface area contributed by atoms with Gasteiger partial charge in [0, 0.05) is 31.5 Å². The van der Waals surface area contributed by atoms with Crippen molar-refractivity contribution in [2.24, 2.45) is 17.3 Å². The number of esters is 2. The number of nitrogens with zero attached hydrogens (tertiary/aromatic N) is 4. The third-order valence-corrected chi connectivity index (χ3v) is 8.33. The third-order valence-electron chi connectivity index (χ3n) is 7.42. The summed E-state index contributed by atoms with van der Waals surface area (Å²) in [5.41, 5.74) is 3.05. The zero-order chi connectivity index (χ0) is 34.2. The molecule has 3 aromatic rings. The number of carbonyl (C=O) groups excluding carboxylic acids is 3. The molecule has 1 saturated carbocycles. The number of allylic oxidation sites excluding steroid dienone is 2. The number of hydrogen-bond acceptors (Lipinski definition) is 9. The van der Waals surface area contributed by atoms with E-state index in [0.29, 0.717) is 17.6 Å².